The number of hydrogen-bond donors (Lipinski definition) is 1. The molecule has 0 aliphatic carbocycles. The Balaban J connectivity index is 2.57. The summed E-state index contributed by atoms with van der Waals surface area (Å²) < 4.78 is 0. The number of halogens is 1. The van der Waals surface area contributed by atoms with Gasteiger partial charge in [-0.3, -0.25) is 0 Å². The van der Waals surface area contributed by atoms with Crippen molar-refractivity contribution < 1.29 is 0 Å². The maximum Gasteiger partial charge on any atom is 0.0545 e. The Morgan fingerprint density at radius 1 is 1.35 bits per heavy atom. The lowest BCUT2D eigenvalue weighted by Gasteiger charge is -2.12. The molecule has 1 unspecified atom stereocenters. The van der Waals surface area contributed by atoms with Crippen molar-refractivity contribution in [3.8, 4) is 0 Å². The summed E-state index contributed by atoms with van der Waals surface area (Å²) in [5, 5.41) is 4.10. The highest BCUT2D eigenvalue weighted by Crippen LogP contribution is 2.30. The van der Waals surface area contributed by atoms with E-state index in [4.69, 9.17) is 11.6 Å². The number of nitrogens with one attached hydrogen (secondary N) is 1. The molecule has 0 spiro atoms. The molecule has 0 bridgehead atoms. The molecule has 0 aliphatic rings. The quantitative estimate of drug-likeness (QED) is 0.559. The van der Waals surface area contributed by atoms with Gasteiger partial charge in [-0.15, -0.1) is 11.8 Å². The summed E-state index contributed by atoms with van der Waals surface area (Å²) in [4.78, 5) is 1.20. The highest BCUT2D eigenvalue weighted by molar-refractivity contribution is 7.99. The third-order valence-corrected chi connectivity index (χ3v) is 4.48. The largest absolute Gasteiger partial charge is 0.313 e. The minimum atomic E-state index is 0.353. The van der Waals surface area contributed by atoms with Crippen LogP contribution in [0.25, 0.3) is 0 Å². The SMILES string of the molecule is CCCCCSc1ccc(C(C)NC)cc1Cl. The van der Waals surface area contributed by atoms with E-state index in [1.807, 2.05) is 18.8 Å². The summed E-state index contributed by atoms with van der Waals surface area (Å²) >= 11 is 8.16. The molecule has 1 atom stereocenters. The van der Waals surface area contributed by atoms with E-state index in [1.165, 1.54) is 29.7 Å². The van der Waals surface area contributed by atoms with Gasteiger partial charge in [-0.05, 0) is 43.8 Å². The Kier molecular flexibility index (Phi) is 7.02. The van der Waals surface area contributed by atoms with Crippen LogP contribution < -0.4 is 5.32 Å². The summed E-state index contributed by atoms with van der Waals surface area (Å²) in [5.41, 5.74) is 1.25. The van der Waals surface area contributed by atoms with Crippen LogP contribution in [0.2, 0.25) is 5.02 Å². The van der Waals surface area contributed by atoms with Crippen LogP contribution in [0.15, 0.2) is 23.1 Å². The van der Waals surface area contributed by atoms with Gasteiger partial charge in [0.15, 0.2) is 0 Å². The van der Waals surface area contributed by atoms with Crippen molar-refractivity contribution in [2.45, 2.75) is 44.0 Å². The molecule has 1 N–H and O–H groups in total. The molecule has 17 heavy (non-hydrogen) atoms. The van der Waals surface area contributed by atoms with E-state index >= 15 is 0 Å². The summed E-state index contributed by atoms with van der Waals surface area (Å²) in [7, 11) is 1.96. The van der Waals surface area contributed by atoms with Gasteiger partial charge in [0.1, 0.15) is 0 Å². The lowest BCUT2D eigenvalue weighted by Crippen LogP contribution is -2.12. The van der Waals surface area contributed by atoms with Gasteiger partial charge in [0, 0.05) is 10.9 Å². The maximum atomic E-state index is 6.29. The van der Waals surface area contributed by atoms with Gasteiger partial charge in [0.25, 0.3) is 0 Å². The fourth-order valence-electron chi connectivity index (χ4n) is 1.60. The lowest BCUT2D eigenvalue weighted by atomic mass is 10.1. The molecule has 0 radical (unpaired) electrons. The van der Waals surface area contributed by atoms with Crippen molar-refractivity contribution in [3.63, 3.8) is 0 Å². The molecular weight excluding hydrogens is 250 g/mol. The topological polar surface area (TPSA) is 12.0 Å². The van der Waals surface area contributed by atoms with E-state index in [1.54, 1.807) is 0 Å². The van der Waals surface area contributed by atoms with Crippen LogP contribution in [-0.2, 0) is 0 Å². The summed E-state index contributed by atoms with van der Waals surface area (Å²) in [5.74, 6) is 1.16. The molecule has 1 aromatic rings. The molecule has 0 saturated carbocycles. The van der Waals surface area contributed by atoms with E-state index in [0.717, 1.165) is 10.8 Å². The van der Waals surface area contributed by atoms with Crippen LogP contribution in [0.3, 0.4) is 0 Å². The molecule has 0 saturated heterocycles. The van der Waals surface area contributed by atoms with Gasteiger partial charge >= 0.3 is 0 Å². The molecule has 0 heterocycles. The van der Waals surface area contributed by atoms with E-state index in [0.29, 0.717) is 6.04 Å². The van der Waals surface area contributed by atoms with E-state index < -0.39 is 0 Å². The van der Waals surface area contributed by atoms with Crippen LogP contribution in [0.5, 0.6) is 0 Å². The molecule has 0 amide bonds. The Bertz CT molecular complexity index is 341. The highest BCUT2D eigenvalue weighted by Gasteiger charge is 2.06. The average Bonchev–Trinajstić information content (AvgIpc) is 2.35. The third kappa shape index (κ3) is 4.90. The standard InChI is InChI=1S/C14H22ClNS/c1-4-5-6-9-17-14-8-7-12(10-13(14)15)11(2)16-3/h7-8,10-11,16H,4-6,9H2,1-3H3. The second-order valence-electron chi connectivity index (χ2n) is 4.26. The van der Waals surface area contributed by atoms with Gasteiger partial charge in [-0.1, -0.05) is 37.4 Å². The van der Waals surface area contributed by atoms with Crippen molar-refractivity contribution in [1.29, 1.82) is 0 Å². The second kappa shape index (κ2) is 8.02. The average molecular weight is 272 g/mol. The molecule has 0 aliphatic heterocycles. The van der Waals surface area contributed by atoms with Crippen LogP contribution in [0.4, 0.5) is 0 Å². The van der Waals surface area contributed by atoms with Crippen molar-refractivity contribution in [2.24, 2.45) is 0 Å². The van der Waals surface area contributed by atoms with Crippen LogP contribution in [0, 0.1) is 0 Å². The molecule has 1 aromatic carbocycles. The monoisotopic (exact) mass is 271 g/mol. The minimum Gasteiger partial charge on any atom is -0.313 e. The van der Waals surface area contributed by atoms with Crippen molar-refractivity contribution in [3.05, 3.63) is 28.8 Å². The molecule has 0 aromatic heterocycles. The fraction of sp³-hybridized carbons (Fsp3) is 0.571. The first kappa shape index (κ1) is 14.9. The first-order chi connectivity index (χ1) is 8.19. The van der Waals surface area contributed by atoms with Gasteiger partial charge in [0.05, 0.1) is 5.02 Å². The van der Waals surface area contributed by atoms with Crippen LogP contribution >= 0.6 is 23.4 Å². The van der Waals surface area contributed by atoms with Crippen molar-refractivity contribution in [1.82, 2.24) is 5.32 Å². The predicted octanol–water partition coefficient (Wildman–Crippen LogP) is 4.90. The van der Waals surface area contributed by atoms with E-state index in [-0.39, 0.29) is 0 Å². The second-order valence-corrected chi connectivity index (χ2v) is 5.80. The summed E-state index contributed by atoms with van der Waals surface area (Å²) in [6.07, 6.45) is 3.85. The predicted molar refractivity (Wildman–Crippen MR) is 79.2 cm³/mol. The zero-order valence-electron chi connectivity index (χ0n) is 10.9. The van der Waals surface area contributed by atoms with Gasteiger partial charge in [-0.2, -0.15) is 0 Å². The van der Waals surface area contributed by atoms with Gasteiger partial charge in [-0.25, -0.2) is 0 Å². The molecular formula is C14H22ClNS. The van der Waals surface area contributed by atoms with Crippen molar-refractivity contribution in [2.75, 3.05) is 12.8 Å². The molecule has 3 heteroatoms. The fourth-order valence-corrected chi connectivity index (χ4v) is 2.89. The third-order valence-electron chi connectivity index (χ3n) is 2.89. The normalized spacial score (nSPS) is 12.7. The summed E-state index contributed by atoms with van der Waals surface area (Å²) in [6.45, 7) is 4.37. The number of rotatable bonds is 7. The van der Waals surface area contributed by atoms with Crippen LogP contribution in [0.1, 0.15) is 44.7 Å². The zero-order valence-corrected chi connectivity index (χ0v) is 12.5. The Morgan fingerprint density at radius 2 is 2.12 bits per heavy atom. The molecule has 96 valence electrons. The number of thioether (sulfide) groups is 1. The highest BCUT2D eigenvalue weighted by atomic mass is 35.5. The maximum absolute atomic E-state index is 6.29. The molecule has 1 rings (SSSR count). The van der Waals surface area contributed by atoms with Crippen molar-refractivity contribution >= 4 is 23.4 Å². The Labute approximate surface area is 114 Å². The van der Waals surface area contributed by atoms with Gasteiger partial charge < -0.3 is 5.32 Å². The first-order valence-corrected chi connectivity index (χ1v) is 7.65. The molecule has 0 fully saturated rings. The first-order valence-electron chi connectivity index (χ1n) is 6.28. The Hall–Kier alpha value is -0.180. The number of unbranched alkanes of at least 4 members (excludes halogenated alkanes) is 2. The number of hydrogen-bond acceptors (Lipinski definition) is 2. The molecule has 1 nitrogen and oxygen atoms in total. The van der Waals surface area contributed by atoms with E-state index in [9.17, 15) is 0 Å². The van der Waals surface area contributed by atoms with Gasteiger partial charge in [0.2, 0.25) is 0 Å². The smallest absolute Gasteiger partial charge is 0.0545 e. The lowest BCUT2D eigenvalue weighted by molar-refractivity contribution is 0.652. The number of benzene rings is 1. The van der Waals surface area contributed by atoms with E-state index in [2.05, 4.69) is 37.4 Å². The zero-order chi connectivity index (χ0) is 12.7. The Morgan fingerprint density at radius 3 is 2.71 bits per heavy atom. The summed E-state index contributed by atoms with van der Waals surface area (Å²) in [6, 6.07) is 6.73. The van der Waals surface area contributed by atoms with Crippen LogP contribution in [-0.4, -0.2) is 12.8 Å². The minimum absolute atomic E-state index is 0.353.